The molecule has 0 radical (unpaired) electrons. The van der Waals surface area contributed by atoms with Crippen LogP contribution in [-0.4, -0.2) is 37.2 Å². The lowest BCUT2D eigenvalue weighted by atomic mass is 10.1. The Balaban J connectivity index is 4.31. The fourth-order valence-electron chi connectivity index (χ4n) is 8.55. The molecule has 0 N–H and O–H groups in total. The summed E-state index contributed by atoms with van der Waals surface area (Å²) in [4.78, 5) is 38.1. The Morgan fingerprint density at radius 1 is 0.292 bits per heavy atom. The highest BCUT2D eigenvalue weighted by Crippen LogP contribution is 2.16. The van der Waals surface area contributed by atoms with E-state index in [1.807, 2.05) is 0 Å². The highest BCUT2D eigenvalue weighted by molar-refractivity contribution is 5.71. The first-order valence-electron chi connectivity index (χ1n) is 28.8. The number of carbonyl (C=O) groups excluding carboxylic acids is 3. The average Bonchev–Trinajstić information content (AvgIpc) is 3.30. The Kier molecular flexibility index (Phi) is 52.7. The maximum Gasteiger partial charge on any atom is 0.306 e. The van der Waals surface area contributed by atoms with Gasteiger partial charge in [-0.15, -0.1) is 0 Å². The lowest BCUT2D eigenvalue weighted by Gasteiger charge is -2.18. The molecule has 0 aromatic heterocycles. The second-order valence-corrected chi connectivity index (χ2v) is 19.6. The van der Waals surface area contributed by atoms with Crippen LogP contribution in [0, 0.1) is 0 Å². The van der Waals surface area contributed by atoms with Crippen LogP contribution in [0.3, 0.4) is 0 Å². The van der Waals surface area contributed by atoms with Crippen molar-refractivity contribution in [3.63, 3.8) is 0 Å². The minimum Gasteiger partial charge on any atom is -0.462 e. The molecule has 0 fully saturated rings. The molecule has 0 aromatic carbocycles. The van der Waals surface area contributed by atoms with Crippen molar-refractivity contribution in [3.8, 4) is 0 Å². The summed E-state index contributed by atoms with van der Waals surface area (Å²) in [6.45, 7) is 6.66. The summed E-state index contributed by atoms with van der Waals surface area (Å²) in [6, 6.07) is 0. The van der Waals surface area contributed by atoms with E-state index < -0.39 is 6.10 Å². The Morgan fingerprint density at radius 3 is 0.769 bits per heavy atom. The van der Waals surface area contributed by atoms with Crippen LogP contribution in [0.5, 0.6) is 0 Å². The largest absolute Gasteiger partial charge is 0.462 e. The van der Waals surface area contributed by atoms with Crippen molar-refractivity contribution < 1.29 is 28.6 Å². The number of allylic oxidation sites excluding steroid dienone is 4. The summed E-state index contributed by atoms with van der Waals surface area (Å²) in [5.74, 6) is -0.862. The van der Waals surface area contributed by atoms with Crippen LogP contribution in [-0.2, 0) is 28.6 Å². The summed E-state index contributed by atoms with van der Waals surface area (Å²) < 4.78 is 16.9. The summed E-state index contributed by atoms with van der Waals surface area (Å²) >= 11 is 0. The summed E-state index contributed by atoms with van der Waals surface area (Å²) in [7, 11) is 0. The topological polar surface area (TPSA) is 78.9 Å². The molecule has 6 nitrogen and oxygen atoms in total. The monoisotopic (exact) mass is 915 g/mol. The molecule has 0 aromatic rings. The molecule has 6 heteroatoms. The first-order valence-corrected chi connectivity index (χ1v) is 28.8. The van der Waals surface area contributed by atoms with E-state index in [-0.39, 0.29) is 31.1 Å². The first kappa shape index (κ1) is 62.9. The number of ether oxygens (including phenoxy) is 3. The van der Waals surface area contributed by atoms with E-state index in [1.165, 1.54) is 218 Å². The summed E-state index contributed by atoms with van der Waals surface area (Å²) in [5.41, 5.74) is 0. The van der Waals surface area contributed by atoms with Gasteiger partial charge >= 0.3 is 17.9 Å². The molecule has 0 saturated heterocycles. The van der Waals surface area contributed by atoms with Crippen molar-refractivity contribution in [3.05, 3.63) is 24.3 Å². The highest BCUT2D eigenvalue weighted by Gasteiger charge is 2.19. The van der Waals surface area contributed by atoms with Gasteiger partial charge in [-0.25, -0.2) is 0 Å². The third-order valence-electron chi connectivity index (χ3n) is 12.9. The predicted molar refractivity (Wildman–Crippen MR) is 279 cm³/mol. The van der Waals surface area contributed by atoms with Gasteiger partial charge < -0.3 is 14.2 Å². The molecule has 0 amide bonds. The smallest absolute Gasteiger partial charge is 0.306 e. The number of hydrogen-bond donors (Lipinski definition) is 0. The van der Waals surface area contributed by atoms with Crippen LogP contribution in [0.15, 0.2) is 24.3 Å². The van der Waals surface area contributed by atoms with Crippen molar-refractivity contribution in [2.45, 2.75) is 322 Å². The van der Waals surface area contributed by atoms with Gasteiger partial charge in [0.15, 0.2) is 6.10 Å². The molecule has 1 atom stereocenters. The Bertz CT molecular complexity index is 1050. The molecule has 0 saturated carbocycles. The van der Waals surface area contributed by atoms with Crippen LogP contribution < -0.4 is 0 Å². The summed E-state index contributed by atoms with van der Waals surface area (Å²) in [5, 5.41) is 0. The number of rotatable bonds is 53. The van der Waals surface area contributed by atoms with E-state index in [2.05, 4.69) is 45.1 Å². The van der Waals surface area contributed by atoms with E-state index in [1.54, 1.807) is 0 Å². The molecule has 0 spiro atoms. The maximum atomic E-state index is 12.8. The SMILES string of the molecule is CCCCCCCCC/C=C\CCCCCCCCCC(=O)OCC(COC(=O)CCCCCCCCCCCCC)OC(=O)CCCCCCCCC/C=C\CCCCCCCCC. The summed E-state index contributed by atoms with van der Waals surface area (Å²) in [6.07, 6.45) is 63.1. The second-order valence-electron chi connectivity index (χ2n) is 19.6. The van der Waals surface area contributed by atoms with Gasteiger partial charge in [-0.2, -0.15) is 0 Å². The number of unbranched alkanes of at least 4 members (excludes halogenated alkanes) is 38. The maximum absolute atomic E-state index is 12.8. The van der Waals surface area contributed by atoms with Crippen LogP contribution in [0.2, 0.25) is 0 Å². The molecule has 0 aliphatic rings. The third kappa shape index (κ3) is 52.7. The zero-order valence-corrected chi connectivity index (χ0v) is 43.8. The van der Waals surface area contributed by atoms with Crippen molar-refractivity contribution in [1.82, 2.24) is 0 Å². The van der Waals surface area contributed by atoms with Gasteiger partial charge in [0.05, 0.1) is 0 Å². The Morgan fingerprint density at radius 2 is 0.508 bits per heavy atom. The van der Waals surface area contributed by atoms with E-state index in [0.29, 0.717) is 19.3 Å². The molecular formula is C59H110O6. The van der Waals surface area contributed by atoms with Gasteiger partial charge in [0, 0.05) is 19.3 Å². The lowest BCUT2D eigenvalue weighted by Crippen LogP contribution is -2.30. The number of hydrogen-bond acceptors (Lipinski definition) is 6. The molecule has 382 valence electrons. The van der Waals surface area contributed by atoms with Crippen molar-refractivity contribution >= 4 is 17.9 Å². The fraction of sp³-hybridized carbons (Fsp3) is 0.881. The minimum atomic E-state index is -0.771. The third-order valence-corrected chi connectivity index (χ3v) is 12.9. The molecular weight excluding hydrogens is 805 g/mol. The number of esters is 3. The molecule has 0 heterocycles. The Hall–Kier alpha value is -2.11. The normalized spacial score (nSPS) is 12.1. The Labute approximate surface area is 404 Å². The van der Waals surface area contributed by atoms with Gasteiger partial charge in [0.2, 0.25) is 0 Å². The highest BCUT2D eigenvalue weighted by atomic mass is 16.6. The fourth-order valence-corrected chi connectivity index (χ4v) is 8.55. The van der Waals surface area contributed by atoms with Gasteiger partial charge in [-0.05, 0) is 70.6 Å². The average molecular weight is 916 g/mol. The zero-order valence-electron chi connectivity index (χ0n) is 43.8. The van der Waals surface area contributed by atoms with E-state index in [4.69, 9.17) is 14.2 Å². The molecule has 0 bridgehead atoms. The molecule has 0 aliphatic heterocycles. The quantitative estimate of drug-likeness (QED) is 0.0262. The first-order chi connectivity index (χ1) is 32.0. The zero-order chi connectivity index (χ0) is 47.2. The van der Waals surface area contributed by atoms with E-state index in [0.717, 1.165) is 57.8 Å². The lowest BCUT2D eigenvalue weighted by molar-refractivity contribution is -0.167. The molecule has 0 aliphatic carbocycles. The second kappa shape index (κ2) is 54.5. The van der Waals surface area contributed by atoms with Crippen LogP contribution in [0.25, 0.3) is 0 Å². The molecule has 0 rings (SSSR count). The van der Waals surface area contributed by atoms with Crippen LogP contribution in [0.4, 0.5) is 0 Å². The van der Waals surface area contributed by atoms with Gasteiger partial charge in [-0.1, -0.05) is 251 Å². The van der Waals surface area contributed by atoms with E-state index in [9.17, 15) is 14.4 Å². The van der Waals surface area contributed by atoms with Gasteiger partial charge in [0.25, 0.3) is 0 Å². The van der Waals surface area contributed by atoms with Crippen LogP contribution in [0.1, 0.15) is 316 Å². The minimum absolute atomic E-state index is 0.0703. The standard InChI is InChI=1S/C59H110O6/c1-4-7-10-13-16-19-22-24-26-28-30-32-34-37-40-43-46-49-52-58(61)64-55-56(54-63-57(60)51-48-45-42-39-36-21-18-15-12-9-6-3)65-59(62)53-50-47-44-41-38-35-33-31-29-27-25-23-20-17-14-11-8-5-2/h26-29,56H,4-25,30-55H2,1-3H3/b28-26-,29-27-. The molecule has 1 unspecified atom stereocenters. The van der Waals surface area contributed by atoms with Crippen molar-refractivity contribution in [2.75, 3.05) is 13.2 Å². The van der Waals surface area contributed by atoms with Gasteiger partial charge in [0.1, 0.15) is 13.2 Å². The van der Waals surface area contributed by atoms with Crippen molar-refractivity contribution in [2.24, 2.45) is 0 Å². The van der Waals surface area contributed by atoms with E-state index >= 15 is 0 Å². The predicted octanol–water partition coefficient (Wildman–Crippen LogP) is 19.1. The van der Waals surface area contributed by atoms with Gasteiger partial charge in [-0.3, -0.25) is 14.4 Å². The molecule has 65 heavy (non-hydrogen) atoms. The van der Waals surface area contributed by atoms with Crippen molar-refractivity contribution in [1.29, 1.82) is 0 Å². The van der Waals surface area contributed by atoms with Crippen LogP contribution >= 0.6 is 0 Å². The number of carbonyl (C=O) groups is 3.